The number of aliphatic imine (C=N–C) groups is 1. The van der Waals surface area contributed by atoms with Crippen LogP contribution in [0.4, 0.5) is 0 Å². The molecule has 14 rings (SSSR count). The van der Waals surface area contributed by atoms with Crippen molar-refractivity contribution < 1.29 is 4.74 Å². The van der Waals surface area contributed by atoms with Gasteiger partial charge in [0.05, 0.1) is 16.4 Å². The van der Waals surface area contributed by atoms with Crippen LogP contribution >= 0.6 is 0 Å². The lowest BCUT2D eigenvalue weighted by molar-refractivity contribution is 0.409. The molecule has 10 aromatic rings. The summed E-state index contributed by atoms with van der Waals surface area (Å²) >= 11 is 0. The molecule has 5 heteroatoms. The molecule has 4 aliphatic rings. The van der Waals surface area contributed by atoms with Gasteiger partial charge >= 0.3 is 0 Å². The molecule has 2 N–H and O–H groups in total. The Morgan fingerprint density at radius 2 is 1.14 bits per heavy atom. The van der Waals surface area contributed by atoms with Crippen LogP contribution in [0.15, 0.2) is 211 Å². The Balaban J connectivity index is 1.06. The maximum Gasteiger partial charge on any atom is 0.132 e. The molecule has 0 amide bonds. The molecule has 2 aliphatic heterocycles. The predicted octanol–water partition coefficient (Wildman–Crippen LogP) is 13.9. The summed E-state index contributed by atoms with van der Waals surface area (Å²) in [4.78, 5) is 5.31. The third-order valence-corrected chi connectivity index (χ3v) is 14.9. The quantitative estimate of drug-likeness (QED) is 0.185. The lowest BCUT2D eigenvalue weighted by Crippen LogP contribution is -2.45. The first-order valence-corrected chi connectivity index (χ1v) is 23.0. The van der Waals surface area contributed by atoms with Crippen LogP contribution in [0.2, 0.25) is 0 Å². The monoisotopic (exact) mass is 848 g/mol. The fourth-order valence-corrected chi connectivity index (χ4v) is 12.2. The summed E-state index contributed by atoms with van der Waals surface area (Å²) in [5, 5.41) is 10.4. The summed E-state index contributed by atoms with van der Waals surface area (Å²) in [5.74, 6) is 2.66. The molecule has 9 aromatic carbocycles. The molecule has 314 valence electrons. The zero-order chi connectivity index (χ0) is 43.7. The molecule has 0 radical (unpaired) electrons. The lowest BCUT2D eigenvalue weighted by atomic mass is 9.66. The smallest absolute Gasteiger partial charge is 0.132 e. The van der Waals surface area contributed by atoms with E-state index < -0.39 is 5.41 Å². The molecule has 5 nitrogen and oxygen atoms in total. The molecular formula is C61H44N4O. The van der Waals surface area contributed by atoms with Crippen molar-refractivity contribution in [3.63, 3.8) is 0 Å². The molecule has 0 fully saturated rings. The number of nitrogens with one attached hydrogen (secondary N) is 2. The first-order valence-electron chi connectivity index (χ1n) is 23.0. The predicted molar refractivity (Wildman–Crippen MR) is 267 cm³/mol. The van der Waals surface area contributed by atoms with Gasteiger partial charge in [-0.15, -0.1) is 0 Å². The highest BCUT2D eigenvalue weighted by molar-refractivity contribution is 6.14. The van der Waals surface area contributed by atoms with Gasteiger partial charge in [0.1, 0.15) is 29.7 Å². The molecule has 2 unspecified atom stereocenters. The van der Waals surface area contributed by atoms with Crippen molar-refractivity contribution in [3.8, 4) is 39.4 Å². The lowest BCUT2D eigenvalue weighted by Gasteiger charge is -2.39. The molecule has 1 aromatic heterocycles. The number of hydrogen-bond donors (Lipinski definition) is 2. The van der Waals surface area contributed by atoms with Gasteiger partial charge in [-0.3, -0.25) is 5.32 Å². The number of benzene rings is 9. The second-order valence-electron chi connectivity index (χ2n) is 18.7. The normalized spacial score (nSPS) is 17.8. The SMILES string of the molecule is CC1(C)c2ccccc2-c2c(C3NC(c4ccccc4)=NC(c4ccccc4)N3)cc3c4ccccc4n(-c4ccc5c(c4)C4(c6ccccc6Oc6ccccc64)c4ccccc4-5)c3c21. The highest BCUT2D eigenvalue weighted by atomic mass is 16.5. The van der Waals surface area contributed by atoms with Crippen LogP contribution in [0.1, 0.15) is 76.3 Å². The maximum atomic E-state index is 6.72. The van der Waals surface area contributed by atoms with Gasteiger partial charge in [-0.2, -0.15) is 0 Å². The Morgan fingerprint density at radius 1 is 0.530 bits per heavy atom. The van der Waals surface area contributed by atoms with E-state index in [4.69, 9.17) is 9.73 Å². The average molecular weight is 849 g/mol. The molecular weight excluding hydrogens is 805 g/mol. The Morgan fingerprint density at radius 3 is 1.89 bits per heavy atom. The number of rotatable bonds is 4. The van der Waals surface area contributed by atoms with Crippen LogP contribution in [0.3, 0.4) is 0 Å². The minimum Gasteiger partial charge on any atom is -0.457 e. The van der Waals surface area contributed by atoms with Crippen molar-refractivity contribution in [2.24, 2.45) is 4.99 Å². The van der Waals surface area contributed by atoms with E-state index in [1.54, 1.807) is 0 Å². The summed E-state index contributed by atoms with van der Waals surface area (Å²) < 4.78 is 9.29. The number of para-hydroxylation sites is 3. The van der Waals surface area contributed by atoms with E-state index in [0.29, 0.717) is 0 Å². The zero-order valence-electron chi connectivity index (χ0n) is 36.6. The van der Waals surface area contributed by atoms with Crippen LogP contribution < -0.4 is 15.4 Å². The van der Waals surface area contributed by atoms with Crippen molar-refractivity contribution in [3.05, 3.63) is 256 Å². The summed E-state index contributed by atoms with van der Waals surface area (Å²) in [6, 6.07) is 75.1. The minimum absolute atomic E-state index is 0.253. The first kappa shape index (κ1) is 37.4. The van der Waals surface area contributed by atoms with E-state index >= 15 is 0 Å². The van der Waals surface area contributed by atoms with Gasteiger partial charge in [-0.05, 0) is 92.0 Å². The van der Waals surface area contributed by atoms with Gasteiger partial charge in [0.15, 0.2) is 0 Å². The summed E-state index contributed by atoms with van der Waals surface area (Å²) in [6.07, 6.45) is -0.509. The number of aromatic nitrogens is 1. The van der Waals surface area contributed by atoms with Crippen molar-refractivity contribution in [1.82, 2.24) is 15.2 Å². The van der Waals surface area contributed by atoms with Gasteiger partial charge in [-0.25, -0.2) is 4.99 Å². The second-order valence-corrected chi connectivity index (χ2v) is 18.7. The average Bonchev–Trinajstić information content (AvgIpc) is 3.95. The van der Waals surface area contributed by atoms with Crippen LogP contribution in [0, 0.1) is 0 Å². The fourth-order valence-electron chi connectivity index (χ4n) is 12.2. The summed E-state index contributed by atoms with van der Waals surface area (Å²) in [5.41, 5.74) is 18.6. The zero-order valence-corrected chi connectivity index (χ0v) is 36.6. The topological polar surface area (TPSA) is 50.6 Å². The standard InChI is InChI=1S/C61H44N4O/c1-60(2)46-26-12-10-25-43(46)54-45(59-63-57(37-19-5-3-6-20-37)62-58(64-59)38-21-7-4-8-22-38)36-44-42-24-11-16-30-51(42)65(56(44)55(54)60)39-33-34-41-40-23-9-13-27-47(40)61(50(41)35-39)48-28-14-17-31-52(48)66-53-32-18-15-29-49(53)61/h3-36,57,59,63H,1-2H3,(H,62,64). The van der Waals surface area contributed by atoms with E-state index in [1.807, 2.05) is 0 Å². The van der Waals surface area contributed by atoms with Crippen LogP contribution in [-0.2, 0) is 10.8 Å². The summed E-state index contributed by atoms with van der Waals surface area (Å²) in [7, 11) is 0. The van der Waals surface area contributed by atoms with E-state index in [9.17, 15) is 0 Å². The van der Waals surface area contributed by atoms with E-state index in [0.717, 1.165) is 45.3 Å². The Labute approximate surface area is 383 Å². The number of ether oxygens (including phenoxy) is 1. The molecule has 3 heterocycles. The third kappa shape index (κ3) is 5.01. The first-order chi connectivity index (χ1) is 32.5. The highest BCUT2D eigenvalue weighted by Gasteiger charge is 2.51. The fraction of sp³-hybridized carbons (Fsp3) is 0.0984. The third-order valence-electron chi connectivity index (χ3n) is 14.9. The Bertz CT molecular complexity index is 3630. The van der Waals surface area contributed by atoms with Gasteiger partial charge in [-0.1, -0.05) is 184 Å². The molecule has 0 saturated heterocycles. The van der Waals surface area contributed by atoms with E-state index in [-0.39, 0.29) is 17.7 Å². The molecule has 0 bridgehead atoms. The van der Waals surface area contributed by atoms with Gasteiger partial charge < -0.3 is 14.6 Å². The highest BCUT2D eigenvalue weighted by Crippen LogP contribution is 2.63. The number of hydrogen-bond acceptors (Lipinski definition) is 4. The molecule has 0 saturated carbocycles. The Hall–Kier alpha value is -7.99. The number of fused-ring (bicyclic) bond motifs is 16. The van der Waals surface area contributed by atoms with Crippen molar-refractivity contribution >= 4 is 27.6 Å². The van der Waals surface area contributed by atoms with Gasteiger partial charge in [0.25, 0.3) is 0 Å². The molecule has 1 spiro atoms. The number of amidine groups is 1. The largest absolute Gasteiger partial charge is 0.457 e. The van der Waals surface area contributed by atoms with Crippen LogP contribution in [0.25, 0.3) is 49.7 Å². The van der Waals surface area contributed by atoms with Crippen molar-refractivity contribution in [1.29, 1.82) is 0 Å². The van der Waals surface area contributed by atoms with Crippen molar-refractivity contribution in [2.75, 3.05) is 0 Å². The molecule has 66 heavy (non-hydrogen) atoms. The maximum absolute atomic E-state index is 6.72. The number of nitrogens with zero attached hydrogens (tertiary/aromatic N) is 2. The van der Waals surface area contributed by atoms with Gasteiger partial charge in [0.2, 0.25) is 0 Å². The van der Waals surface area contributed by atoms with Crippen molar-refractivity contribution in [2.45, 2.75) is 37.0 Å². The Kier molecular flexibility index (Phi) is 7.80. The minimum atomic E-state index is -0.581. The van der Waals surface area contributed by atoms with Gasteiger partial charge in [0, 0.05) is 38.6 Å². The second kappa shape index (κ2) is 13.8. The molecule has 2 atom stereocenters. The summed E-state index contributed by atoms with van der Waals surface area (Å²) in [6.45, 7) is 4.83. The van der Waals surface area contributed by atoms with Crippen LogP contribution in [0.5, 0.6) is 11.5 Å². The van der Waals surface area contributed by atoms with E-state index in [1.165, 1.54) is 71.9 Å². The van der Waals surface area contributed by atoms with Crippen LogP contribution in [-0.4, -0.2) is 10.4 Å². The molecule has 2 aliphatic carbocycles. The van der Waals surface area contributed by atoms with E-state index in [2.05, 4.69) is 235 Å².